The van der Waals surface area contributed by atoms with Gasteiger partial charge in [-0.25, -0.2) is 4.39 Å². The molecule has 0 radical (unpaired) electrons. The normalized spacial score (nSPS) is 21.7. The Balaban J connectivity index is 1.38. The molecule has 0 aromatic heterocycles. The highest BCUT2D eigenvalue weighted by Gasteiger charge is 2.35. The van der Waals surface area contributed by atoms with Crippen LogP contribution in [0.25, 0.3) is 0 Å². The molecule has 2 aliphatic heterocycles. The van der Waals surface area contributed by atoms with Crippen molar-refractivity contribution in [2.45, 2.75) is 18.2 Å². The lowest BCUT2D eigenvalue weighted by Gasteiger charge is -2.46. The van der Waals surface area contributed by atoms with Crippen LogP contribution < -0.4 is 9.47 Å². The third-order valence-electron chi connectivity index (χ3n) is 6.53. The van der Waals surface area contributed by atoms with Gasteiger partial charge in [-0.15, -0.1) is 0 Å². The van der Waals surface area contributed by atoms with Crippen molar-refractivity contribution < 1.29 is 23.7 Å². The Labute approximate surface area is 198 Å². The van der Waals surface area contributed by atoms with E-state index in [4.69, 9.17) is 19.5 Å². The molecule has 1 N–H and O–H groups in total. The molecule has 2 heterocycles. The molecule has 0 saturated carbocycles. The number of aliphatic hydroxyl groups is 1. The molecule has 0 aliphatic carbocycles. The van der Waals surface area contributed by atoms with E-state index >= 15 is 0 Å². The Bertz CT molecular complexity index is 1130. The number of nitriles is 2. The van der Waals surface area contributed by atoms with Crippen molar-refractivity contribution in [3.8, 4) is 23.6 Å². The Kier molecular flexibility index (Phi) is 7.30. The number of piperazine rings is 1. The smallest absolute Gasteiger partial charge is 0.137 e. The summed E-state index contributed by atoms with van der Waals surface area (Å²) in [6, 6.07) is 12.2. The fourth-order valence-corrected chi connectivity index (χ4v) is 4.64. The quantitative estimate of drug-likeness (QED) is 0.693. The highest BCUT2D eigenvalue weighted by atomic mass is 19.1. The number of hydrogen-bond acceptors (Lipinski definition) is 8. The van der Waals surface area contributed by atoms with Crippen molar-refractivity contribution in [3.05, 3.63) is 58.4 Å². The van der Waals surface area contributed by atoms with E-state index < -0.39 is 11.9 Å². The zero-order valence-electron chi connectivity index (χ0n) is 19.2. The molecule has 2 fully saturated rings. The molecule has 8 nitrogen and oxygen atoms in total. The number of hydrogen-bond donors (Lipinski definition) is 1. The van der Waals surface area contributed by atoms with Gasteiger partial charge < -0.3 is 19.3 Å². The lowest BCUT2D eigenvalue weighted by molar-refractivity contribution is -0.0938. The monoisotopic (exact) mass is 466 g/mol. The Hall–Kier alpha value is -3.21. The van der Waals surface area contributed by atoms with Crippen molar-refractivity contribution >= 4 is 0 Å². The summed E-state index contributed by atoms with van der Waals surface area (Å²) in [6.07, 6.45) is -1.16. The first-order valence-corrected chi connectivity index (χ1v) is 11.1. The van der Waals surface area contributed by atoms with Crippen molar-refractivity contribution in [2.75, 3.05) is 53.6 Å². The largest absolute Gasteiger partial charge is 0.495 e. The van der Waals surface area contributed by atoms with Gasteiger partial charge >= 0.3 is 0 Å². The molecule has 2 aliphatic rings. The third kappa shape index (κ3) is 4.84. The van der Waals surface area contributed by atoms with Crippen molar-refractivity contribution in [2.24, 2.45) is 0 Å². The van der Waals surface area contributed by atoms with E-state index in [0.29, 0.717) is 24.5 Å². The molecule has 2 aromatic rings. The highest BCUT2D eigenvalue weighted by molar-refractivity contribution is 5.47. The van der Waals surface area contributed by atoms with Crippen molar-refractivity contribution in [1.29, 1.82) is 10.5 Å². The van der Waals surface area contributed by atoms with E-state index in [1.54, 1.807) is 13.2 Å². The molecule has 0 amide bonds. The topological polar surface area (TPSA) is 102 Å². The zero-order chi connectivity index (χ0) is 24.2. The summed E-state index contributed by atoms with van der Waals surface area (Å²) >= 11 is 0. The molecule has 2 saturated heterocycles. The molecule has 2 aromatic carbocycles. The summed E-state index contributed by atoms with van der Waals surface area (Å²) in [5, 5.41) is 29.0. The van der Waals surface area contributed by atoms with Gasteiger partial charge in [-0.1, -0.05) is 6.07 Å². The fraction of sp³-hybridized carbons (Fsp3) is 0.440. The standard InChI is InChI=1S/C25H27FN4O4/c1-32-23-8-16(3-4-17(23)10-27)25-14-30-6-5-29(12-19(30)15-34-25)13-22(31)20-9-24(33-2)18(11-28)7-21(20)26/h3-4,7-9,19,22,25,31H,5-6,12-15H2,1-2H3/t19-,22?,25-/m1/s1. The van der Waals surface area contributed by atoms with Crippen LogP contribution in [0.4, 0.5) is 4.39 Å². The van der Waals surface area contributed by atoms with Crippen LogP contribution in [-0.4, -0.2) is 74.5 Å². The Morgan fingerprint density at radius 3 is 2.53 bits per heavy atom. The van der Waals surface area contributed by atoms with Crippen LogP contribution in [0.5, 0.6) is 11.5 Å². The average molecular weight is 467 g/mol. The van der Waals surface area contributed by atoms with Crippen LogP contribution in [0, 0.1) is 28.5 Å². The van der Waals surface area contributed by atoms with Gasteiger partial charge in [0.25, 0.3) is 0 Å². The second-order valence-corrected chi connectivity index (χ2v) is 8.50. The number of β-amino-alcohol motifs (C(OH)–C–C–N with tert-alkyl or cyclic N) is 1. The number of morpholine rings is 1. The molecule has 3 atom stereocenters. The Morgan fingerprint density at radius 1 is 1.09 bits per heavy atom. The summed E-state index contributed by atoms with van der Waals surface area (Å²) in [7, 11) is 2.96. The molecular weight excluding hydrogens is 439 g/mol. The van der Waals surface area contributed by atoms with E-state index in [1.807, 2.05) is 18.2 Å². The van der Waals surface area contributed by atoms with Crippen LogP contribution in [-0.2, 0) is 4.74 Å². The minimum absolute atomic E-state index is 0.0957. The molecule has 34 heavy (non-hydrogen) atoms. The van der Waals surface area contributed by atoms with E-state index in [2.05, 4.69) is 15.9 Å². The predicted octanol–water partition coefficient (Wildman–Crippen LogP) is 2.38. The number of ether oxygens (including phenoxy) is 3. The first kappa shape index (κ1) is 23.9. The molecular formula is C25H27FN4O4. The molecule has 9 heteroatoms. The lowest BCUT2D eigenvalue weighted by Crippen LogP contribution is -2.58. The maximum Gasteiger partial charge on any atom is 0.137 e. The van der Waals surface area contributed by atoms with E-state index in [9.17, 15) is 14.8 Å². The second-order valence-electron chi connectivity index (χ2n) is 8.50. The van der Waals surface area contributed by atoms with Gasteiger partial charge in [0.2, 0.25) is 0 Å². The van der Waals surface area contributed by atoms with Gasteiger partial charge in [0.15, 0.2) is 0 Å². The maximum absolute atomic E-state index is 14.5. The zero-order valence-corrected chi connectivity index (χ0v) is 19.2. The number of nitrogens with zero attached hydrogens (tertiary/aromatic N) is 4. The van der Waals surface area contributed by atoms with Gasteiger partial charge in [-0.05, 0) is 29.8 Å². The summed E-state index contributed by atoms with van der Waals surface area (Å²) in [4.78, 5) is 4.47. The van der Waals surface area contributed by atoms with Crippen molar-refractivity contribution in [3.63, 3.8) is 0 Å². The average Bonchev–Trinajstić information content (AvgIpc) is 2.87. The van der Waals surface area contributed by atoms with Crippen LogP contribution in [0.1, 0.15) is 34.5 Å². The number of rotatable bonds is 6. The van der Waals surface area contributed by atoms with Gasteiger partial charge in [-0.2, -0.15) is 10.5 Å². The second kappa shape index (κ2) is 10.4. The van der Waals surface area contributed by atoms with Crippen LogP contribution in [0.2, 0.25) is 0 Å². The summed E-state index contributed by atoms with van der Waals surface area (Å²) in [5.74, 6) is 0.162. The number of halogens is 1. The molecule has 1 unspecified atom stereocenters. The van der Waals surface area contributed by atoms with E-state index in [1.165, 1.54) is 13.2 Å². The van der Waals surface area contributed by atoms with Crippen LogP contribution in [0.15, 0.2) is 30.3 Å². The highest BCUT2D eigenvalue weighted by Crippen LogP contribution is 2.31. The summed E-state index contributed by atoms with van der Waals surface area (Å²) < 4.78 is 31.1. The van der Waals surface area contributed by atoms with Crippen LogP contribution >= 0.6 is 0 Å². The van der Waals surface area contributed by atoms with Gasteiger partial charge in [-0.3, -0.25) is 9.80 Å². The lowest BCUT2D eigenvalue weighted by atomic mass is 10.0. The van der Waals surface area contributed by atoms with E-state index in [0.717, 1.165) is 31.3 Å². The third-order valence-corrected chi connectivity index (χ3v) is 6.53. The van der Waals surface area contributed by atoms with E-state index in [-0.39, 0.29) is 35.6 Å². The maximum atomic E-state index is 14.5. The predicted molar refractivity (Wildman–Crippen MR) is 121 cm³/mol. The minimum Gasteiger partial charge on any atom is -0.495 e. The molecule has 0 spiro atoms. The van der Waals surface area contributed by atoms with Crippen LogP contribution in [0.3, 0.4) is 0 Å². The number of methoxy groups -OCH3 is 2. The first-order chi connectivity index (χ1) is 16.5. The fourth-order valence-electron chi connectivity index (χ4n) is 4.64. The number of benzene rings is 2. The van der Waals surface area contributed by atoms with Gasteiger partial charge in [0, 0.05) is 44.3 Å². The SMILES string of the molecule is COc1cc([C@H]2CN3CCN(CC(O)c4cc(OC)c(C#N)cc4F)C[C@@H]3CO2)ccc1C#N. The number of aliphatic hydroxyl groups excluding tert-OH is 1. The minimum atomic E-state index is -1.04. The molecule has 178 valence electrons. The molecule has 0 bridgehead atoms. The Morgan fingerprint density at radius 2 is 1.82 bits per heavy atom. The first-order valence-electron chi connectivity index (χ1n) is 11.1. The summed E-state index contributed by atoms with van der Waals surface area (Å²) in [5.41, 5.74) is 1.67. The van der Waals surface area contributed by atoms with Crippen molar-refractivity contribution in [1.82, 2.24) is 9.80 Å². The number of fused-ring (bicyclic) bond motifs is 1. The summed E-state index contributed by atoms with van der Waals surface area (Å²) in [6.45, 7) is 3.73. The van der Waals surface area contributed by atoms with Gasteiger partial charge in [0.1, 0.15) is 29.5 Å². The molecule has 4 rings (SSSR count). The van der Waals surface area contributed by atoms with Gasteiger partial charge in [0.05, 0.1) is 44.2 Å².